The van der Waals surface area contributed by atoms with Gasteiger partial charge in [0.25, 0.3) is 0 Å². The van der Waals surface area contributed by atoms with Gasteiger partial charge in [-0.3, -0.25) is 0 Å². The Morgan fingerprint density at radius 3 is 1.78 bits per heavy atom. The van der Waals surface area contributed by atoms with E-state index < -0.39 is 6.09 Å². The van der Waals surface area contributed by atoms with E-state index in [-0.39, 0.29) is 0 Å². The number of nitrogens with zero attached hydrogens (tertiary/aromatic N) is 1. The van der Waals surface area contributed by atoms with Crippen LogP contribution in [0, 0.1) is 0 Å². The van der Waals surface area contributed by atoms with Crippen molar-refractivity contribution in [3.8, 4) is 21.1 Å². The molecule has 3 aromatic rings. The molecule has 1 N–H and O–H groups in total. The first-order chi connectivity index (χ1) is 8.77. The fourth-order valence-corrected chi connectivity index (χ4v) is 3.36. The number of thiophene rings is 2. The molecule has 3 heterocycles. The Labute approximate surface area is 112 Å². The van der Waals surface area contributed by atoms with Gasteiger partial charge in [0.15, 0.2) is 0 Å². The zero-order valence-corrected chi connectivity index (χ0v) is 10.9. The van der Waals surface area contributed by atoms with Crippen LogP contribution in [0.5, 0.6) is 0 Å². The van der Waals surface area contributed by atoms with Crippen LogP contribution in [0.1, 0.15) is 0 Å². The normalized spacial score (nSPS) is 10.7. The topological polar surface area (TPSA) is 42.2 Å². The molecule has 3 rings (SSSR count). The zero-order valence-electron chi connectivity index (χ0n) is 9.24. The van der Waals surface area contributed by atoms with E-state index in [9.17, 15) is 9.90 Å². The van der Waals surface area contributed by atoms with Gasteiger partial charge in [-0.05, 0) is 35.0 Å². The first kappa shape index (κ1) is 11.3. The van der Waals surface area contributed by atoms with Crippen LogP contribution in [0.15, 0.2) is 47.2 Å². The molecule has 0 aliphatic rings. The molecule has 0 amide bonds. The predicted octanol–water partition coefficient (Wildman–Crippen LogP) is 4.47. The molecule has 18 heavy (non-hydrogen) atoms. The Morgan fingerprint density at radius 2 is 1.44 bits per heavy atom. The molecule has 0 fully saturated rings. The summed E-state index contributed by atoms with van der Waals surface area (Å²) in [4.78, 5) is 13.4. The third-order valence-electron chi connectivity index (χ3n) is 2.62. The molecule has 0 atom stereocenters. The lowest BCUT2D eigenvalue weighted by Crippen LogP contribution is -2.10. The van der Waals surface area contributed by atoms with Crippen LogP contribution in [0.25, 0.3) is 21.1 Å². The predicted molar refractivity (Wildman–Crippen MR) is 74.5 cm³/mol. The molecular formula is C13H9NO2S2. The highest BCUT2D eigenvalue weighted by Gasteiger charge is 2.17. The third kappa shape index (κ3) is 1.77. The summed E-state index contributed by atoms with van der Waals surface area (Å²) in [6.07, 6.45) is -0.952. The number of rotatable bonds is 2. The number of hydrogen-bond donors (Lipinski definition) is 1. The van der Waals surface area contributed by atoms with Crippen LogP contribution in [0.2, 0.25) is 0 Å². The summed E-state index contributed by atoms with van der Waals surface area (Å²) in [7, 11) is 0. The van der Waals surface area contributed by atoms with Gasteiger partial charge >= 0.3 is 6.09 Å². The quantitative estimate of drug-likeness (QED) is 0.749. The van der Waals surface area contributed by atoms with Crippen molar-refractivity contribution in [2.75, 3.05) is 0 Å². The van der Waals surface area contributed by atoms with Crippen molar-refractivity contribution in [3.63, 3.8) is 0 Å². The summed E-state index contributed by atoms with van der Waals surface area (Å²) in [6.45, 7) is 0. The second-order valence-corrected chi connectivity index (χ2v) is 5.57. The van der Waals surface area contributed by atoms with E-state index in [1.165, 1.54) is 27.2 Å². The lowest BCUT2D eigenvalue weighted by molar-refractivity contribution is 0.197. The highest BCUT2D eigenvalue weighted by atomic mass is 32.1. The first-order valence-electron chi connectivity index (χ1n) is 5.30. The van der Waals surface area contributed by atoms with E-state index in [2.05, 4.69) is 0 Å². The Balaban J connectivity index is 2.21. The minimum Gasteiger partial charge on any atom is -0.464 e. The van der Waals surface area contributed by atoms with Crippen LogP contribution >= 0.6 is 22.7 Å². The fourth-order valence-electron chi connectivity index (χ4n) is 1.88. The molecule has 0 bridgehead atoms. The Morgan fingerprint density at radius 1 is 0.944 bits per heavy atom. The van der Waals surface area contributed by atoms with Crippen LogP contribution in [-0.4, -0.2) is 15.8 Å². The third-order valence-corrected chi connectivity index (χ3v) is 4.40. The van der Waals surface area contributed by atoms with E-state index in [0.717, 1.165) is 21.1 Å². The molecule has 0 unspecified atom stereocenters. The van der Waals surface area contributed by atoms with E-state index in [0.29, 0.717) is 0 Å². The van der Waals surface area contributed by atoms with Gasteiger partial charge in [-0.15, -0.1) is 22.7 Å². The van der Waals surface area contributed by atoms with Crippen molar-refractivity contribution in [2.45, 2.75) is 0 Å². The molecule has 5 heteroatoms. The van der Waals surface area contributed by atoms with Gasteiger partial charge in [0.05, 0.1) is 21.1 Å². The standard InChI is InChI=1S/C13H9NO2S2/c15-13(16)14-9(11-3-1-7-17-11)5-6-10(14)12-4-2-8-18-12/h1-8H,(H,15,16). The van der Waals surface area contributed by atoms with E-state index >= 15 is 0 Å². The van der Waals surface area contributed by atoms with Gasteiger partial charge in [-0.25, -0.2) is 9.36 Å². The van der Waals surface area contributed by atoms with Gasteiger partial charge in [0.1, 0.15) is 0 Å². The Kier molecular flexibility index (Phi) is 2.77. The monoisotopic (exact) mass is 275 g/mol. The zero-order chi connectivity index (χ0) is 12.5. The average Bonchev–Trinajstić information content (AvgIpc) is 3.10. The highest BCUT2D eigenvalue weighted by Crippen LogP contribution is 2.33. The minimum atomic E-state index is -0.952. The second kappa shape index (κ2) is 4.44. The van der Waals surface area contributed by atoms with Crippen LogP contribution < -0.4 is 0 Å². The summed E-state index contributed by atoms with van der Waals surface area (Å²) >= 11 is 3.07. The maximum Gasteiger partial charge on any atom is 0.416 e. The molecule has 0 saturated carbocycles. The molecule has 0 spiro atoms. The molecule has 0 aromatic carbocycles. The summed E-state index contributed by atoms with van der Waals surface area (Å²) in [5.41, 5.74) is 1.45. The van der Waals surface area contributed by atoms with Gasteiger partial charge in [-0.1, -0.05) is 12.1 Å². The van der Waals surface area contributed by atoms with E-state index in [4.69, 9.17) is 0 Å². The summed E-state index contributed by atoms with van der Waals surface area (Å²) in [5, 5.41) is 13.3. The SMILES string of the molecule is O=C(O)n1c(-c2cccs2)ccc1-c1cccs1. The van der Waals surface area contributed by atoms with Crippen molar-refractivity contribution in [3.05, 3.63) is 47.2 Å². The summed E-state index contributed by atoms with van der Waals surface area (Å²) < 4.78 is 1.34. The van der Waals surface area contributed by atoms with Crippen molar-refractivity contribution >= 4 is 28.8 Å². The largest absolute Gasteiger partial charge is 0.464 e. The molecule has 90 valence electrons. The van der Waals surface area contributed by atoms with E-state index in [1.54, 1.807) is 0 Å². The minimum absolute atomic E-state index is 0.723. The Bertz CT molecular complexity index is 614. The van der Waals surface area contributed by atoms with Gasteiger partial charge in [0, 0.05) is 0 Å². The number of hydrogen-bond acceptors (Lipinski definition) is 3. The maximum atomic E-state index is 11.5. The molecule has 3 aromatic heterocycles. The van der Waals surface area contributed by atoms with Crippen LogP contribution in [-0.2, 0) is 0 Å². The number of carbonyl (C=O) groups is 1. The summed E-state index contributed by atoms with van der Waals surface area (Å²) in [6, 6.07) is 11.4. The van der Waals surface area contributed by atoms with Crippen LogP contribution in [0.3, 0.4) is 0 Å². The smallest absolute Gasteiger partial charge is 0.416 e. The highest BCUT2D eigenvalue weighted by molar-refractivity contribution is 7.14. The fraction of sp³-hybridized carbons (Fsp3) is 0. The van der Waals surface area contributed by atoms with E-state index in [1.807, 2.05) is 47.2 Å². The molecule has 0 aliphatic carbocycles. The van der Waals surface area contributed by atoms with Crippen molar-refractivity contribution < 1.29 is 9.90 Å². The summed E-state index contributed by atoms with van der Waals surface area (Å²) in [5.74, 6) is 0. The number of carboxylic acid groups (broad SMARTS) is 1. The molecule has 3 nitrogen and oxygen atoms in total. The van der Waals surface area contributed by atoms with Gasteiger partial charge in [0.2, 0.25) is 0 Å². The molecule has 0 radical (unpaired) electrons. The van der Waals surface area contributed by atoms with Crippen molar-refractivity contribution in [1.82, 2.24) is 4.57 Å². The van der Waals surface area contributed by atoms with Crippen LogP contribution in [0.4, 0.5) is 4.79 Å². The maximum absolute atomic E-state index is 11.5. The Hall–Kier alpha value is -1.85. The first-order valence-corrected chi connectivity index (χ1v) is 7.06. The van der Waals surface area contributed by atoms with Crippen molar-refractivity contribution in [2.24, 2.45) is 0 Å². The molecule has 0 saturated heterocycles. The second-order valence-electron chi connectivity index (χ2n) is 3.68. The average molecular weight is 275 g/mol. The molecular weight excluding hydrogens is 266 g/mol. The number of aromatic nitrogens is 1. The van der Waals surface area contributed by atoms with Crippen molar-refractivity contribution in [1.29, 1.82) is 0 Å². The lowest BCUT2D eigenvalue weighted by atomic mass is 10.3. The van der Waals surface area contributed by atoms with Gasteiger partial charge < -0.3 is 5.11 Å². The molecule has 0 aliphatic heterocycles. The lowest BCUT2D eigenvalue weighted by Gasteiger charge is -2.05. The van der Waals surface area contributed by atoms with Gasteiger partial charge in [-0.2, -0.15) is 0 Å².